The highest BCUT2D eigenvalue weighted by Crippen LogP contribution is 2.16. The second-order valence-electron chi connectivity index (χ2n) is 1.92. The molecule has 0 bridgehead atoms. The van der Waals surface area contributed by atoms with E-state index < -0.39 is 0 Å². The molecule has 0 amide bonds. The Bertz CT molecular complexity index is 291. The van der Waals surface area contributed by atoms with Crippen molar-refractivity contribution in [1.29, 1.82) is 0 Å². The number of terminal acetylenes is 1. The Morgan fingerprint density at radius 1 is 1.60 bits per heavy atom. The number of aryl methyl sites for hydroxylation is 1. The highest BCUT2D eigenvalue weighted by Gasteiger charge is 2.06. The lowest BCUT2D eigenvalue weighted by molar-refractivity contribution is 0.775. The van der Waals surface area contributed by atoms with Crippen LogP contribution in [0.15, 0.2) is 0 Å². The van der Waals surface area contributed by atoms with Gasteiger partial charge in [0.15, 0.2) is 5.69 Å². The first-order valence-electron chi connectivity index (χ1n) is 2.71. The van der Waals surface area contributed by atoms with E-state index in [0.717, 1.165) is 0 Å². The number of hydrogen-bond acceptors (Lipinski definition) is 3. The maximum absolute atomic E-state index is 5.46. The SMILES string of the molecule is C#Cc1nn(C)c(N)c1N. The topological polar surface area (TPSA) is 69.9 Å². The van der Waals surface area contributed by atoms with E-state index in [1.807, 2.05) is 0 Å². The van der Waals surface area contributed by atoms with Crippen LogP contribution in [-0.2, 0) is 7.05 Å². The minimum atomic E-state index is 0.380. The van der Waals surface area contributed by atoms with E-state index in [2.05, 4.69) is 11.0 Å². The van der Waals surface area contributed by atoms with Crippen LogP contribution < -0.4 is 11.5 Å². The molecule has 0 saturated carbocycles. The van der Waals surface area contributed by atoms with Gasteiger partial charge in [-0.05, 0) is 5.92 Å². The van der Waals surface area contributed by atoms with E-state index in [1.54, 1.807) is 7.05 Å². The molecule has 0 aromatic carbocycles. The molecule has 0 spiro atoms. The van der Waals surface area contributed by atoms with Crippen molar-refractivity contribution in [2.75, 3.05) is 11.5 Å². The lowest BCUT2D eigenvalue weighted by Gasteiger charge is -1.90. The van der Waals surface area contributed by atoms with Gasteiger partial charge < -0.3 is 11.5 Å². The first-order chi connectivity index (χ1) is 4.66. The lowest BCUT2D eigenvalue weighted by Crippen LogP contribution is -1.98. The van der Waals surface area contributed by atoms with Crippen LogP contribution in [0.1, 0.15) is 5.69 Å². The van der Waals surface area contributed by atoms with Crippen molar-refractivity contribution in [2.24, 2.45) is 7.05 Å². The molecule has 1 heterocycles. The predicted octanol–water partition coefficient (Wildman–Crippen LogP) is -0.434. The van der Waals surface area contributed by atoms with Gasteiger partial charge >= 0.3 is 0 Å². The van der Waals surface area contributed by atoms with Crippen LogP contribution in [0.2, 0.25) is 0 Å². The van der Waals surface area contributed by atoms with Crippen LogP contribution in [0, 0.1) is 12.3 Å². The van der Waals surface area contributed by atoms with E-state index in [0.29, 0.717) is 17.2 Å². The van der Waals surface area contributed by atoms with E-state index in [9.17, 15) is 0 Å². The maximum atomic E-state index is 5.46. The zero-order valence-corrected chi connectivity index (χ0v) is 5.63. The minimum absolute atomic E-state index is 0.380. The third kappa shape index (κ3) is 0.685. The molecule has 4 nitrogen and oxygen atoms in total. The molecule has 0 aliphatic carbocycles. The Balaban J connectivity index is 3.34. The van der Waals surface area contributed by atoms with Crippen molar-refractivity contribution < 1.29 is 0 Å². The van der Waals surface area contributed by atoms with Crippen molar-refractivity contribution >= 4 is 11.5 Å². The van der Waals surface area contributed by atoms with E-state index >= 15 is 0 Å². The molecule has 4 heteroatoms. The Hall–Kier alpha value is -1.63. The molecule has 0 radical (unpaired) electrons. The molecule has 0 atom stereocenters. The van der Waals surface area contributed by atoms with E-state index in [1.165, 1.54) is 4.68 Å². The van der Waals surface area contributed by atoms with Crippen molar-refractivity contribution in [3.63, 3.8) is 0 Å². The standard InChI is InChI=1S/C6H8N4/c1-3-4-5(7)6(8)10(2)9-4/h1H,7-8H2,2H3. The monoisotopic (exact) mass is 136 g/mol. The van der Waals surface area contributed by atoms with E-state index in [4.69, 9.17) is 17.9 Å². The molecule has 0 aliphatic heterocycles. The van der Waals surface area contributed by atoms with Crippen LogP contribution in [0.4, 0.5) is 11.5 Å². The zero-order valence-electron chi connectivity index (χ0n) is 5.63. The number of aromatic nitrogens is 2. The summed E-state index contributed by atoms with van der Waals surface area (Å²) in [6.07, 6.45) is 5.07. The van der Waals surface area contributed by atoms with E-state index in [-0.39, 0.29) is 0 Å². The van der Waals surface area contributed by atoms with Gasteiger partial charge in [-0.1, -0.05) is 0 Å². The van der Waals surface area contributed by atoms with Gasteiger partial charge in [-0.3, -0.25) is 0 Å². The first kappa shape index (κ1) is 6.49. The van der Waals surface area contributed by atoms with Crippen LogP contribution in [0.3, 0.4) is 0 Å². The summed E-state index contributed by atoms with van der Waals surface area (Å²) in [7, 11) is 1.69. The molecule has 0 fully saturated rings. The maximum Gasteiger partial charge on any atom is 0.160 e. The van der Waals surface area contributed by atoms with Gasteiger partial charge in [-0.15, -0.1) is 6.42 Å². The van der Waals surface area contributed by atoms with Gasteiger partial charge in [0.2, 0.25) is 0 Å². The van der Waals surface area contributed by atoms with Gasteiger partial charge in [0.05, 0.1) is 0 Å². The largest absolute Gasteiger partial charge is 0.393 e. The smallest absolute Gasteiger partial charge is 0.160 e. The molecular formula is C6H8N4. The fourth-order valence-electron chi connectivity index (χ4n) is 0.660. The Kier molecular flexibility index (Phi) is 1.27. The van der Waals surface area contributed by atoms with Crippen molar-refractivity contribution in [2.45, 2.75) is 0 Å². The summed E-state index contributed by atoms with van der Waals surface area (Å²) in [6, 6.07) is 0. The van der Waals surface area contributed by atoms with Gasteiger partial charge in [0.25, 0.3) is 0 Å². The number of hydrogen-bond donors (Lipinski definition) is 2. The number of nitrogens with zero attached hydrogens (tertiary/aromatic N) is 2. The highest BCUT2D eigenvalue weighted by molar-refractivity contribution is 5.66. The predicted molar refractivity (Wildman–Crippen MR) is 40.0 cm³/mol. The molecule has 10 heavy (non-hydrogen) atoms. The molecule has 0 saturated heterocycles. The molecule has 1 rings (SSSR count). The zero-order chi connectivity index (χ0) is 7.72. The fraction of sp³-hybridized carbons (Fsp3) is 0.167. The number of nitrogen functional groups attached to an aromatic ring is 2. The molecule has 52 valence electrons. The molecule has 1 aromatic heterocycles. The Morgan fingerprint density at radius 3 is 2.40 bits per heavy atom. The summed E-state index contributed by atoms with van der Waals surface area (Å²) in [4.78, 5) is 0. The second kappa shape index (κ2) is 1.95. The third-order valence-corrected chi connectivity index (χ3v) is 1.27. The van der Waals surface area contributed by atoms with Gasteiger partial charge in [-0.2, -0.15) is 5.10 Å². The van der Waals surface area contributed by atoms with Gasteiger partial charge in [-0.25, -0.2) is 4.68 Å². The molecule has 4 N–H and O–H groups in total. The van der Waals surface area contributed by atoms with Crippen molar-refractivity contribution in [3.05, 3.63) is 5.69 Å². The summed E-state index contributed by atoms with van der Waals surface area (Å²) in [6.45, 7) is 0. The quantitative estimate of drug-likeness (QED) is 0.475. The van der Waals surface area contributed by atoms with Gasteiger partial charge in [0, 0.05) is 7.05 Å². The molecule has 1 aromatic rings. The molecule has 0 unspecified atom stereocenters. The Morgan fingerprint density at radius 2 is 2.20 bits per heavy atom. The lowest BCUT2D eigenvalue weighted by atomic mass is 10.4. The van der Waals surface area contributed by atoms with Crippen LogP contribution in [-0.4, -0.2) is 9.78 Å². The third-order valence-electron chi connectivity index (χ3n) is 1.27. The number of anilines is 2. The summed E-state index contributed by atoms with van der Waals surface area (Å²) >= 11 is 0. The van der Waals surface area contributed by atoms with Crippen LogP contribution in [0.5, 0.6) is 0 Å². The average Bonchev–Trinajstić information content (AvgIpc) is 2.17. The van der Waals surface area contributed by atoms with Crippen LogP contribution in [0.25, 0.3) is 0 Å². The summed E-state index contributed by atoms with van der Waals surface area (Å²) in [5.74, 6) is 2.73. The fourth-order valence-corrected chi connectivity index (χ4v) is 0.660. The van der Waals surface area contributed by atoms with Crippen molar-refractivity contribution in [3.8, 4) is 12.3 Å². The summed E-state index contributed by atoms with van der Waals surface area (Å²) < 4.78 is 1.45. The summed E-state index contributed by atoms with van der Waals surface area (Å²) in [5.41, 5.74) is 11.7. The number of nitrogens with two attached hydrogens (primary N) is 2. The molecular weight excluding hydrogens is 128 g/mol. The second-order valence-corrected chi connectivity index (χ2v) is 1.92. The van der Waals surface area contributed by atoms with Gasteiger partial charge in [0.1, 0.15) is 11.5 Å². The van der Waals surface area contributed by atoms with Crippen LogP contribution >= 0.6 is 0 Å². The Labute approximate surface area is 58.8 Å². The first-order valence-corrected chi connectivity index (χ1v) is 2.71. The normalized spacial score (nSPS) is 9.20. The molecule has 0 aliphatic rings. The highest BCUT2D eigenvalue weighted by atomic mass is 15.3. The summed E-state index contributed by atoms with van der Waals surface area (Å²) in [5, 5.41) is 3.86. The van der Waals surface area contributed by atoms with Crippen molar-refractivity contribution in [1.82, 2.24) is 9.78 Å². The number of rotatable bonds is 0. The minimum Gasteiger partial charge on any atom is -0.393 e. The average molecular weight is 136 g/mol.